The summed E-state index contributed by atoms with van der Waals surface area (Å²) in [6.07, 6.45) is 1.84. The van der Waals surface area contributed by atoms with Gasteiger partial charge >= 0.3 is 0 Å². The van der Waals surface area contributed by atoms with Crippen molar-refractivity contribution in [3.05, 3.63) is 133 Å². The first-order valence-electron chi connectivity index (χ1n) is 12.7. The fraction of sp³-hybridized carbons (Fsp3) is 0.152. The summed E-state index contributed by atoms with van der Waals surface area (Å²) in [7, 11) is -0.925. The molecule has 0 aliphatic carbocycles. The molecule has 0 spiro atoms. The molecule has 0 aromatic heterocycles. The number of hydrogen-bond donors (Lipinski definition) is 1. The van der Waals surface area contributed by atoms with E-state index in [4.69, 9.17) is 0 Å². The Morgan fingerprint density at radius 2 is 1.08 bits per heavy atom. The second-order valence-corrected chi connectivity index (χ2v) is 16.3. The summed E-state index contributed by atoms with van der Waals surface area (Å²) in [4.78, 5) is 12.8. The molecule has 4 heteroatoms. The van der Waals surface area contributed by atoms with Gasteiger partial charge in [0, 0.05) is 22.3 Å². The van der Waals surface area contributed by atoms with E-state index in [0.29, 0.717) is 0 Å². The van der Waals surface area contributed by atoms with Crippen LogP contribution in [0.2, 0.25) is 0 Å². The van der Waals surface area contributed by atoms with E-state index in [1.807, 2.05) is 0 Å². The summed E-state index contributed by atoms with van der Waals surface area (Å²) in [6.45, 7) is 4.35. The zero-order chi connectivity index (χ0) is 25.9. The number of carbonyl (C=O) groups is 1. The second-order valence-electron chi connectivity index (χ2n) is 10.4. The van der Waals surface area contributed by atoms with Crippen molar-refractivity contribution in [1.82, 2.24) is 5.32 Å². The standard InChI is InChI=1S/C33H33NOP2/c1-33(2,3)34-31-26(24-35)25-37(29-20-12-6-13-21-29,30-22-14-7-15-23-30)32(31)36(27-16-8-4-9-17-27)28-18-10-5-11-19-28/h4-24,34H,25H2,1-3H3. The number of rotatable bonds is 7. The van der Waals surface area contributed by atoms with Gasteiger partial charge < -0.3 is 5.32 Å². The molecule has 5 rings (SSSR count). The van der Waals surface area contributed by atoms with E-state index in [1.54, 1.807) is 0 Å². The monoisotopic (exact) mass is 521 g/mol. The van der Waals surface area contributed by atoms with Crippen LogP contribution >= 0.6 is 14.8 Å². The lowest BCUT2D eigenvalue weighted by molar-refractivity contribution is -0.104. The highest BCUT2D eigenvalue weighted by molar-refractivity contribution is 8.08. The molecule has 1 aliphatic heterocycles. The number of benzene rings is 4. The molecule has 0 saturated heterocycles. The second kappa shape index (κ2) is 10.7. The summed E-state index contributed by atoms with van der Waals surface area (Å²) in [5.41, 5.74) is 1.73. The molecule has 2 nitrogen and oxygen atoms in total. The zero-order valence-electron chi connectivity index (χ0n) is 21.6. The van der Waals surface area contributed by atoms with Crippen LogP contribution in [0.3, 0.4) is 0 Å². The zero-order valence-corrected chi connectivity index (χ0v) is 23.4. The number of nitrogens with one attached hydrogen (secondary N) is 1. The Morgan fingerprint density at radius 1 is 0.676 bits per heavy atom. The van der Waals surface area contributed by atoms with Gasteiger partial charge in [-0.15, -0.1) is 0 Å². The normalized spacial score (nSPS) is 15.2. The van der Waals surface area contributed by atoms with Crippen molar-refractivity contribution in [2.75, 3.05) is 6.16 Å². The van der Waals surface area contributed by atoms with E-state index >= 15 is 0 Å². The van der Waals surface area contributed by atoms with Crippen molar-refractivity contribution in [1.29, 1.82) is 0 Å². The fourth-order valence-electron chi connectivity index (χ4n) is 5.12. The van der Waals surface area contributed by atoms with Crippen LogP contribution in [0.15, 0.2) is 133 Å². The molecule has 4 aromatic rings. The predicted octanol–water partition coefficient (Wildman–Crippen LogP) is 5.77. The topological polar surface area (TPSA) is 29.1 Å². The minimum absolute atomic E-state index is 0.198. The van der Waals surface area contributed by atoms with Gasteiger partial charge in [-0.25, -0.2) is 0 Å². The molecule has 0 unspecified atom stereocenters. The molecule has 0 atom stereocenters. The first kappa shape index (κ1) is 25.5. The van der Waals surface area contributed by atoms with E-state index in [0.717, 1.165) is 23.7 Å². The largest absolute Gasteiger partial charge is 0.380 e. The Balaban J connectivity index is 1.98. The van der Waals surface area contributed by atoms with Crippen LogP contribution < -0.4 is 26.5 Å². The minimum Gasteiger partial charge on any atom is -0.380 e. The maximum atomic E-state index is 12.8. The van der Waals surface area contributed by atoms with Gasteiger partial charge in [0.25, 0.3) is 0 Å². The fourth-order valence-corrected chi connectivity index (χ4v) is 14.2. The molecule has 0 fully saturated rings. The van der Waals surface area contributed by atoms with Crippen molar-refractivity contribution in [3.8, 4) is 0 Å². The van der Waals surface area contributed by atoms with Gasteiger partial charge in [0.2, 0.25) is 0 Å². The van der Waals surface area contributed by atoms with Gasteiger partial charge in [-0.05, 0) is 56.8 Å². The molecule has 1 N–H and O–H groups in total. The SMILES string of the molecule is CC(C)(C)NC1=C(C=O)CP(c2ccccc2)(c2ccccc2)=C1P(c1ccccc1)c1ccccc1. The molecule has 0 amide bonds. The Bertz CT molecular complexity index is 1370. The molecular weight excluding hydrogens is 488 g/mol. The van der Waals surface area contributed by atoms with Crippen LogP contribution in [0.1, 0.15) is 20.8 Å². The first-order valence-corrected chi connectivity index (χ1v) is 16.0. The summed E-state index contributed by atoms with van der Waals surface area (Å²) >= 11 is 0. The molecule has 0 bridgehead atoms. The molecule has 0 saturated carbocycles. The van der Waals surface area contributed by atoms with Gasteiger partial charge in [0.05, 0.1) is 5.70 Å². The Kier molecular flexibility index (Phi) is 7.34. The molecule has 0 radical (unpaired) electrons. The van der Waals surface area contributed by atoms with Crippen LogP contribution in [0.5, 0.6) is 0 Å². The molecule has 1 heterocycles. The molecule has 4 aromatic carbocycles. The summed E-state index contributed by atoms with van der Waals surface area (Å²) in [5, 5.41) is 10.5. The van der Waals surface area contributed by atoms with Crippen LogP contribution in [-0.2, 0) is 4.79 Å². The lowest BCUT2D eigenvalue weighted by Gasteiger charge is -2.35. The highest BCUT2D eigenvalue weighted by Crippen LogP contribution is 2.61. The quantitative estimate of drug-likeness (QED) is 0.247. The summed E-state index contributed by atoms with van der Waals surface area (Å²) < 4.78 is 0. The van der Waals surface area contributed by atoms with E-state index in [2.05, 4.69) is 147 Å². The average molecular weight is 522 g/mol. The number of carbonyl (C=O) groups excluding carboxylic acids is 1. The number of allylic oxidation sites excluding steroid dienone is 2. The van der Waals surface area contributed by atoms with Gasteiger partial charge in [-0.3, -0.25) is 4.79 Å². The molecule has 1 aliphatic rings. The van der Waals surface area contributed by atoms with E-state index in [1.165, 1.54) is 26.3 Å². The maximum Gasteiger partial charge on any atom is 0.148 e. The van der Waals surface area contributed by atoms with Crippen LogP contribution in [0, 0.1) is 0 Å². The third kappa shape index (κ3) is 5.02. The lowest BCUT2D eigenvalue weighted by Crippen LogP contribution is -2.39. The highest BCUT2D eigenvalue weighted by Gasteiger charge is 2.42. The van der Waals surface area contributed by atoms with Gasteiger partial charge in [-0.1, -0.05) is 121 Å². The molecule has 37 heavy (non-hydrogen) atoms. The van der Waals surface area contributed by atoms with E-state index in [-0.39, 0.29) is 5.54 Å². The Morgan fingerprint density at radius 3 is 1.46 bits per heavy atom. The average Bonchev–Trinajstić information content (AvgIpc) is 3.24. The Hall–Kier alpha value is -3.18. The van der Waals surface area contributed by atoms with Crippen LogP contribution in [0.4, 0.5) is 0 Å². The Labute approximate surface area is 222 Å². The van der Waals surface area contributed by atoms with Gasteiger partial charge in [-0.2, -0.15) is 0 Å². The third-order valence-electron chi connectivity index (χ3n) is 6.59. The summed E-state index contributed by atoms with van der Waals surface area (Å²) in [5.74, 6) is 0. The van der Waals surface area contributed by atoms with Gasteiger partial charge in [0.1, 0.15) is 6.29 Å². The first-order chi connectivity index (χ1) is 17.9. The maximum absolute atomic E-state index is 12.8. The van der Waals surface area contributed by atoms with Crippen LogP contribution in [0.25, 0.3) is 0 Å². The molecular formula is C33H33NOP2. The number of hydrogen-bond acceptors (Lipinski definition) is 2. The van der Waals surface area contributed by atoms with Crippen molar-refractivity contribution in [3.63, 3.8) is 0 Å². The van der Waals surface area contributed by atoms with Crippen molar-refractivity contribution < 1.29 is 4.79 Å². The van der Waals surface area contributed by atoms with Crippen molar-refractivity contribution in [2.24, 2.45) is 0 Å². The van der Waals surface area contributed by atoms with Crippen LogP contribution in [-0.4, -0.2) is 23.0 Å². The van der Waals surface area contributed by atoms with Gasteiger partial charge in [0.15, 0.2) is 0 Å². The highest BCUT2D eigenvalue weighted by atomic mass is 31.2. The van der Waals surface area contributed by atoms with Crippen molar-refractivity contribution in [2.45, 2.75) is 26.3 Å². The minimum atomic E-state index is -2.19. The smallest absolute Gasteiger partial charge is 0.148 e. The van der Waals surface area contributed by atoms with Crippen molar-refractivity contribution >= 4 is 47.3 Å². The third-order valence-corrected chi connectivity index (χ3v) is 14.6. The predicted molar refractivity (Wildman–Crippen MR) is 164 cm³/mol. The number of aldehydes is 1. The lowest BCUT2D eigenvalue weighted by atomic mass is 10.1. The van der Waals surface area contributed by atoms with E-state index < -0.39 is 14.8 Å². The summed E-state index contributed by atoms with van der Waals surface area (Å²) in [6, 6.07) is 43.5. The molecule has 186 valence electrons. The van der Waals surface area contributed by atoms with E-state index in [9.17, 15) is 4.79 Å².